The van der Waals surface area contributed by atoms with Gasteiger partial charge in [-0.3, -0.25) is 10.1 Å². The molecular weight excluding hydrogens is 322 g/mol. The minimum absolute atomic E-state index is 0.0100. The molecular formula is C14H10BrN3O2. The smallest absolute Gasteiger partial charge is 0.293 e. The molecule has 2 rings (SSSR count). The standard InChI is InChI=1S/C14H10BrN3O2/c15-12-4-5-13(14(7-12)18(19)20)17-9-11-3-1-2-10(6-11)8-16/h1-7,17H,9H2. The van der Waals surface area contributed by atoms with Gasteiger partial charge in [0.2, 0.25) is 0 Å². The monoisotopic (exact) mass is 331 g/mol. The Labute approximate surface area is 124 Å². The van der Waals surface area contributed by atoms with Crippen LogP contribution in [0, 0.1) is 21.4 Å². The van der Waals surface area contributed by atoms with Gasteiger partial charge in [-0.25, -0.2) is 0 Å². The summed E-state index contributed by atoms with van der Waals surface area (Å²) in [7, 11) is 0. The number of anilines is 1. The van der Waals surface area contributed by atoms with E-state index < -0.39 is 4.92 Å². The molecule has 2 aromatic carbocycles. The van der Waals surface area contributed by atoms with Crippen LogP contribution in [-0.4, -0.2) is 4.92 Å². The number of hydrogen-bond acceptors (Lipinski definition) is 4. The third kappa shape index (κ3) is 3.33. The first-order chi connectivity index (χ1) is 9.60. The minimum Gasteiger partial charge on any atom is -0.375 e. The number of halogens is 1. The topological polar surface area (TPSA) is 79.0 Å². The molecule has 0 unspecified atom stereocenters. The summed E-state index contributed by atoms with van der Waals surface area (Å²) in [5, 5.41) is 22.8. The Morgan fingerprint density at radius 3 is 2.80 bits per heavy atom. The quantitative estimate of drug-likeness (QED) is 0.681. The summed E-state index contributed by atoms with van der Waals surface area (Å²) in [6, 6.07) is 14.0. The van der Waals surface area contributed by atoms with Crippen molar-refractivity contribution in [2.24, 2.45) is 0 Å². The van der Waals surface area contributed by atoms with Crippen LogP contribution in [-0.2, 0) is 6.54 Å². The molecule has 0 fully saturated rings. The molecule has 0 aromatic heterocycles. The highest BCUT2D eigenvalue weighted by Crippen LogP contribution is 2.28. The Bertz CT molecular complexity index is 695. The van der Waals surface area contributed by atoms with Crippen LogP contribution in [0.1, 0.15) is 11.1 Å². The Kier molecular flexibility index (Phi) is 4.33. The van der Waals surface area contributed by atoms with E-state index in [-0.39, 0.29) is 5.69 Å². The van der Waals surface area contributed by atoms with Crippen molar-refractivity contribution in [2.45, 2.75) is 6.54 Å². The van der Waals surface area contributed by atoms with E-state index in [1.54, 1.807) is 30.3 Å². The molecule has 0 amide bonds. The average molecular weight is 332 g/mol. The highest BCUT2D eigenvalue weighted by atomic mass is 79.9. The molecule has 0 radical (unpaired) electrons. The number of nitriles is 1. The van der Waals surface area contributed by atoms with E-state index in [4.69, 9.17) is 5.26 Å². The fraction of sp³-hybridized carbons (Fsp3) is 0.0714. The van der Waals surface area contributed by atoms with E-state index in [0.29, 0.717) is 22.3 Å². The van der Waals surface area contributed by atoms with E-state index in [2.05, 4.69) is 27.3 Å². The van der Waals surface area contributed by atoms with Gasteiger partial charge < -0.3 is 5.32 Å². The van der Waals surface area contributed by atoms with Gasteiger partial charge in [-0.2, -0.15) is 5.26 Å². The maximum atomic E-state index is 11.0. The summed E-state index contributed by atoms with van der Waals surface area (Å²) in [6.45, 7) is 0.415. The summed E-state index contributed by atoms with van der Waals surface area (Å²) in [5.74, 6) is 0. The lowest BCUT2D eigenvalue weighted by atomic mass is 10.1. The summed E-state index contributed by atoms with van der Waals surface area (Å²) in [5.41, 5.74) is 1.91. The van der Waals surface area contributed by atoms with Crippen molar-refractivity contribution in [1.29, 1.82) is 5.26 Å². The first-order valence-electron chi connectivity index (χ1n) is 5.77. The maximum absolute atomic E-state index is 11.0. The molecule has 0 aliphatic carbocycles. The van der Waals surface area contributed by atoms with Gasteiger partial charge in [0.05, 0.1) is 16.6 Å². The second kappa shape index (κ2) is 6.17. The summed E-state index contributed by atoms with van der Waals surface area (Å²) in [6.07, 6.45) is 0. The van der Waals surface area contributed by atoms with E-state index in [0.717, 1.165) is 5.56 Å². The summed E-state index contributed by atoms with van der Waals surface area (Å²) in [4.78, 5) is 10.6. The molecule has 100 valence electrons. The van der Waals surface area contributed by atoms with Crippen molar-refractivity contribution < 1.29 is 4.92 Å². The Morgan fingerprint density at radius 2 is 2.10 bits per heavy atom. The molecule has 0 heterocycles. The van der Waals surface area contributed by atoms with Crippen LogP contribution in [0.15, 0.2) is 46.9 Å². The molecule has 0 aliphatic heterocycles. The van der Waals surface area contributed by atoms with Crippen molar-refractivity contribution in [3.8, 4) is 6.07 Å². The van der Waals surface area contributed by atoms with Crippen LogP contribution >= 0.6 is 15.9 Å². The van der Waals surface area contributed by atoms with Crippen molar-refractivity contribution in [1.82, 2.24) is 0 Å². The molecule has 0 aliphatic rings. The van der Waals surface area contributed by atoms with E-state index in [1.807, 2.05) is 6.07 Å². The van der Waals surface area contributed by atoms with Crippen LogP contribution in [0.4, 0.5) is 11.4 Å². The molecule has 0 spiro atoms. The first-order valence-corrected chi connectivity index (χ1v) is 6.56. The van der Waals surface area contributed by atoms with E-state index in [1.165, 1.54) is 6.07 Å². The van der Waals surface area contributed by atoms with Crippen molar-refractivity contribution in [2.75, 3.05) is 5.32 Å². The fourth-order valence-electron chi connectivity index (χ4n) is 1.75. The molecule has 1 N–H and O–H groups in total. The van der Waals surface area contributed by atoms with Crippen LogP contribution in [0.5, 0.6) is 0 Å². The number of benzene rings is 2. The van der Waals surface area contributed by atoms with Gasteiger partial charge in [0.1, 0.15) is 5.69 Å². The predicted molar refractivity (Wildman–Crippen MR) is 79.3 cm³/mol. The van der Waals surface area contributed by atoms with Crippen molar-refractivity contribution in [3.63, 3.8) is 0 Å². The molecule has 6 heteroatoms. The molecule has 0 saturated heterocycles. The van der Waals surface area contributed by atoms with Gasteiger partial charge in [-0.15, -0.1) is 0 Å². The predicted octanol–water partition coefficient (Wildman–Crippen LogP) is 3.84. The zero-order valence-corrected chi connectivity index (χ0v) is 11.9. The van der Waals surface area contributed by atoms with Gasteiger partial charge in [-0.1, -0.05) is 28.1 Å². The maximum Gasteiger partial charge on any atom is 0.293 e. The Balaban J connectivity index is 2.19. The molecule has 2 aromatic rings. The lowest BCUT2D eigenvalue weighted by Gasteiger charge is -2.07. The van der Waals surface area contributed by atoms with Crippen LogP contribution in [0.2, 0.25) is 0 Å². The number of nitro groups is 1. The third-order valence-corrected chi connectivity index (χ3v) is 3.19. The van der Waals surface area contributed by atoms with Gasteiger partial charge in [0, 0.05) is 17.1 Å². The molecule has 20 heavy (non-hydrogen) atoms. The number of nitrogens with zero attached hydrogens (tertiary/aromatic N) is 2. The second-order valence-electron chi connectivity index (χ2n) is 4.08. The molecule has 5 nitrogen and oxygen atoms in total. The van der Waals surface area contributed by atoms with Crippen LogP contribution in [0.3, 0.4) is 0 Å². The highest BCUT2D eigenvalue weighted by molar-refractivity contribution is 9.10. The molecule has 0 saturated carbocycles. The summed E-state index contributed by atoms with van der Waals surface area (Å²) < 4.78 is 0.654. The zero-order chi connectivity index (χ0) is 14.5. The number of hydrogen-bond donors (Lipinski definition) is 1. The first kappa shape index (κ1) is 14.0. The molecule has 0 bridgehead atoms. The largest absolute Gasteiger partial charge is 0.375 e. The fourth-order valence-corrected chi connectivity index (χ4v) is 2.10. The number of nitro benzene ring substituents is 1. The van der Waals surface area contributed by atoms with Crippen LogP contribution in [0.25, 0.3) is 0 Å². The lowest BCUT2D eigenvalue weighted by Crippen LogP contribution is -2.02. The number of nitrogens with one attached hydrogen (secondary N) is 1. The SMILES string of the molecule is N#Cc1cccc(CNc2ccc(Br)cc2[N+](=O)[O-])c1. The lowest BCUT2D eigenvalue weighted by molar-refractivity contribution is -0.384. The van der Waals surface area contributed by atoms with Gasteiger partial charge >= 0.3 is 0 Å². The van der Waals surface area contributed by atoms with Crippen molar-refractivity contribution >= 4 is 27.3 Å². The minimum atomic E-state index is -0.432. The highest BCUT2D eigenvalue weighted by Gasteiger charge is 2.13. The Morgan fingerprint density at radius 1 is 1.30 bits per heavy atom. The summed E-state index contributed by atoms with van der Waals surface area (Å²) >= 11 is 3.21. The second-order valence-corrected chi connectivity index (χ2v) is 5.00. The van der Waals surface area contributed by atoms with Gasteiger partial charge in [-0.05, 0) is 29.8 Å². The van der Waals surface area contributed by atoms with E-state index >= 15 is 0 Å². The third-order valence-electron chi connectivity index (χ3n) is 2.70. The van der Waals surface area contributed by atoms with Gasteiger partial charge in [0.25, 0.3) is 5.69 Å². The zero-order valence-electron chi connectivity index (χ0n) is 10.3. The molecule has 0 atom stereocenters. The Hall–Kier alpha value is -2.39. The van der Waals surface area contributed by atoms with Crippen LogP contribution < -0.4 is 5.32 Å². The van der Waals surface area contributed by atoms with Crippen molar-refractivity contribution in [3.05, 3.63) is 68.2 Å². The van der Waals surface area contributed by atoms with E-state index in [9.17, 15) is 10.1 Å². The number of rotatable bonds is 4. The normalized spacial score (nSPS) is 9.80. The average Bonchev–Trinajstić information content (AvgIpc) is 2.46. The van der Waals surface area contributed by atoms with Gasteiger partial charge in [0.15, 0.2) is 0 Å².